The Morgan fingerprint density at radius 1 is 1.13 bits per heavy atom. The molecule has 3 rings (SSSR count). The molecule has 0 aliphatic heterocycles. The van der Waals surface area contributed by atoms with Crippen LogP contribution in [0, 0.1) is 11.7 Å². The van der Waals surface area contributed by atoms with Gasteiger partial charge in [-0.2, -0.15) is 0 Å². The Labute approximate surface area is 172 Å². The number of ether oxygens (including phenoxy) is 1. The van der Waals surface area contributed by atoms with Gasteiger partial charge in [-0.3, -0.25) is 18.7 Å². The van der Waals surface area contributed by atoms with E-state index in [1.54, 1.807) is 24.3 Å². The average Bonchev–Trinajstić information content (AvgIpc) is 2.71. The summed E-state index contributed by atoms with van der Waals surface area (Å²) in [4.78, 5) is 38.4. The maximum absolute atomic E-state index is 13.9. The lowest BCUT2D eigenvalue weighted by atomic mass is 10.1. The van der Waals surface area contributed by atoms with Gasteiger partial charge >= 0.3 is 5.69 Å². The molecule has 0 aliphatic carbocycles. The normalized spacial score (nSPS) is 11.1. The van der Waals surface area contributed by atoms with Crippen molar-refractivity contribution in [3.8, 4) is 5.75 Å². The molecule has 1 aromatic heterocycles. The molecule has 1 amide bonds. The van der Waals surface area contributed by atoms with Crippen LogP contribution in [-0.2, 0) is 17.9 Å². The van der Waals surface area contributed by atoms with Crippen molar-refractivity contribution >= 4 is 22.5 Å². The number of carbonyl (C=O) groups excluding carboxylic acids is 1. The zero-order valence-electron chi connectivity index (χ0n) is 17.1. The number of nitrogens with one attached hydrogen (secondary N) is 1. The fourth-order valence-electron chi connectivity index (χ4n) is 3.20. The van der Waals surface area contributed by atoms with Gasteiger partial charge in [0.25, 0.3) is 5.56 Å². The molecule has 8 heteroatoms. The van der Waals surface area contributed by atoms with E-state index in [1.165, 1.54) is 28.4 Å². The van der Waals surface area contributed by atoms with Crippen LogP contribution in [0.5, 0.6) is 5.75 Å². The molecule has 0 aliphatic rings. The summed E-state index contributed by atoms with van der Waals surface area (Å²) >= 11 is 0. The van der Waals surface area contributed by atoms with E-state index in [0.717, 1.165) is 6.07 Å². The Kier molecular flexibility index (Phi) is 6.34. The van der Waals surface area contributed by atoms with Crippen LogP contribution in [-0.4, -0.2) is 22.2 Å². The Morgan fingerprint density at radius 3 is 2.53 bits per heavy atom. The standard InChI is InChI=1S/C22H24FN3O4/c1-14(2)10-11-25-21(28)16-6-4-5-7-18(16)26(22(25)29)13-20(27)24-15-8-9-19(30-3)17(23)12-15/h4-9,12,14H,10-11,13H2,1-3H3,(H,24,27). The Morgan fingerprint density at radius 2 is 1.87 bits per heavy atom. The monoisotopic (exact) mass is 413 g/mol. The zero-order chi connectivity index (χ0) is 21.8. The average molecular weight is 413 g/mol. The SMILES string of the molecule is COc1ccc(NC(=O)Cn2c(=O)n(CCC(C)C)c(=O)c3ccccc32)cc1F. The fraction of sp³-hybridized carbons (Fsp3) is 0.318. The highest BCUT2D eigenvalue weighted by molar-refractivity contribution is 5.91. The number of aromatic nitrogens is 2. The summed E-state index contributed by atoms with van der Waals surface area (Å²) in [6, 6.07) is 10.7. The lowest BCUT2D eigenvalue weighted by molar-refractivity contribution is -0.116. The second kappa shape index (κ2) is 8.94. The number of rotatable bonds is 7. The summed E-state index contributed by atoms with van der Waals surface area (Å²) < 4.78 is 21.2. The molecule has 0 saturated carbocycles. The highest BCUT2D eigenvalue weighted by Crippen LogP contribution is 2.20. The Hall–Kier alpha value is -3.42. The summed E-state index contributed by atoms with van der Waals surface area (Å²) in [6.07, 6.45) is 0.658. The topological polar surface area (TPSA) is 82.3 Å². The van der Waals surface area contributed by atoms with Crippen LogP contribution < -0.4 is 21.3 Å². The summed E-state index contributed by atoms with van der Waals surface area (Å²) in [5.74, 6) is -0.752. The number of amides is 1. The van der Waals surface area contributed by atoms with Gasteiger partial charge < -0.3 is 10.1 Å². The number of anilines is 1. The van der Waals surface area contributed by atoms with Crippen molar-refractivity contribution in [3.05, 3.63) is 69.1 Å². The molecule has 0 radical (unpaired) electrons. The van der Waals surface area contributed by atoms with Crippen molar-refractivity contribution in [3.63, 3.8) is 0 Å². The van der Waals surface area contributed by atoms with E-state index < -0.39 is 17.4 Å². The number of hydrogen-bond acceptors (Lipinski definition) is 4. The molecule has 1 N–H and O–H groups in total. The second-order valence-corrected chi connectivity index (χ2v) is 7.42. The summed E-state index contributed by atoms with van der Waals surface area (Å²) in [7, 11) is 1.35. The van der Waals surface area contributed by atoms with Crippen molar-refractivity contribution in [1.82, 2.24) is 9.13 Å². The van der Waals surface area contributed by atoms with Gasteiger partial charge in [0.05, 0.1) is 18.0 Å². The first kappa shape index (κ1) is 21.3. The van der Waals surface area contributed by atoms with Crippen molar-refractivity contribution in [1.29, 1.82) is 0 Å². The van der Waals surface area contributed by atoms with Gasteiger partial charge in [0.1, 0.15) is 6.54 Å². The predicted octanol–water partition coefficient (Wildman–Crippen LogP) is 3.00. The highest BCUT2D eigenvalue weighted by atomic mass is 19.1. The summed E-state index contributed by atoms with van der Waals surface area (Å²) in [5.41, 5.74) is -0.298. The Bertz CT molecular complexity index is 1200. The molecule has 0 spiro atoms. The fourth-order valence-corrected chi connectivity index (χ4v) is 3.20. The third kappa shape index (κ3) is 4.42. The van der Waals surface area contributed by atoms with Crippen LogP contribution in [0.1, 0.15) is 20.3 Å². The minimum absolute atomic E-state index is 0.0624. The number of nitrogens with zero attached hydrogens (tertiary/aromatic N) is 2. The second-order valence-electron chi connectivity index (χ2n) is 7.42. The van der Waals surface area contributed by atoms with Gasteiger partial charge in [-0.05, 0) is 36.6 Å². The largest absolute Gasteiger partial charge is 0.494 e. The summed E-state index contributed by atoms with van der Waals surface area (Å²) in [6.45, 7) is 3.97. The quantitative estimate of drug-likeness (QED) is 0.646. The van der Waals surface area contributed by atoms with E-state index in [4.69, 9.17) is 4.74 Å². The van der Waals surface area contributed by atoms with E-state index in [2.05, 4.69) is 5.32 Å². The molecule has 2 aromatic carbocycles. The molecular weight excluding hydrogens is 389 g/mol. The first-order valence-corrected chi connectivity index (χ1v) is 9.67. The lowest BCUT2D eigenvalue weighted by Gasteiger charge is -2.15. The third-order valence-electron chi connectivity index (χ3n) is 4.80. The lowest BCUT2D eigenvalue weighted by Crippen LogP contribution is -2.42. The Balaban J connectivity index is 1.96. The number of benzene rings is 2. The van der Waals surface area contributed by atoms with Crippen LogP contribution in [0.25, 0.3) is 10.9 Å². The van der Waals surface area contributed by atoms with Crippen LogP contribution in [0.4, 0.5) is 10.1 Å². The van der Waals surface area contributed by atoms with Crippen molar-refractivity contribution in [2.45, 2.75) is 33.4 Å². The molecule has 158 valence electrons. The minimum atomic E-state index is -0.611. The van der Waals surface area contributed by atoms with Gasteiger partial charge in [-0.15, -0.1) is 0 Å². The maximum Gasteiger partial charge on any atom is 0.331 e. The van der Waals surface area contributed by atoms with Crippen molar-refractivity contribution < 1.29 is 13.9 Å². The molecule has 7 nitrogen and oxygen atoms in total. The van der Waals surface area contributed by atoms with E-state index in [9.17, 15) is 18.8 Å². The number of methoxy groups -OCH3 is 1. The number of fused-ring (bicyclic) bond motifs is 1. The molecule has 30 heavy (non-hydrogen) atoms. The first-order valence-electron chi connectivity index (χ1n) is 9.67. The first-order chi connectivity index (χ1) is 14.3. The highest BCUT2D eigenvalue weighted by Gasteiger charge is 2.16. The molecule has 1 heterocycles. The molecule has 0 fully saturated rings. The minimum Gasteiger partial charge on any atom is -0.494 e. The van der Waals surface area contributed by atoms with Gasteiger partial charge in [0.2, 0.25) is 5.91 Å². The maximum atomic E-state index is 13.9. The third-order valence-corrected chi connectivity index (χ3v) is 4.80. The van der Waals surface area contributed by atoms with Crippen LogP contribution in [0.15, 0.2) is 52.1 Å². The molecule has 3 aromatic rings. The predicted molar refractivity (Wildman–Crippen MR) is 114 cm³/mol. The van der Waals surface area contributed by atoms with Crippen LogP contribution in [0.2, 0.25) is 0 Å². The summed E-state index contributed by atoms with van der Waals surface area (Å²) in [5, 5.41) is 2.94. The number of halogens is 1. The molecule has 0 unspecified atom stereocenters. The number of hydrogen-bond donors (Lipinski definition) is 1. The molecular formula is C22H24FN3O4. The van der Waals surface area contributed by atoms with Crippen LogP contribution >= 0.6 is 0 Å². The molecule has 0 atom stereocenters. The van der Waals surface area contributed by atoms with Gasteiger partial charge in [-0.1, -0.05) is 26.0 Å². The van der Waals surface area contributed by atoms with Gasteiger partial charge in [-0.25, -0.2) is 9.18 Å². The molecule has 0 bridgehead atoms. The van der Waals surface area contributed by atoms with Crippen molar-refractivity contribution in [2.75, 3.05) is 12.4 Å². The van der Waals surface area contributed by atoms with Gasteiger partial charge in [0, 0.05) is 18.3 Å². The van der Waals surface area contributed by atoms with E-state index in [-0.39, 0.29) is 30.1 Å². The van der Waals surface area contributed by atoms with Gasteiger partial charge in [0.15, 0.2) is 11.6 Å². The zero-order valence-corrected chi connectivity index (χ0v) is 17.1. The smallest absolute Gasteiger partial charge is 0.331 e. The number of para-hydroxylation sites is 1. The number of carbonyl (C=O) groups is 1. The van der Waals surface area contributed by atoms with Crippen LogP contribution in [0.3, 0.4) is 0 Å². The van der Waals surface area contributed by atoms with Crippen molar-refractivity contribution in [2.24, 2.45) is 5.92 Å². The van der Waals surface area contributed by atoms with E-state index in [1.807, 2.05) is 13.8 Å². The van der Waals surface area contributed by atoms with E-state index in [0.29, 0.717) is 23.2 Å². The van der Waals surface area contributed by atoms with E-state index >= 15 is 0 Å². The molecule has 0 saturated heterocycles.